The molecule has 0 aliphatic carbocycles. The lowest BCUT2D eigenvalue weighted by atomic mass is 10.1. The Bertz CT molecular complexity index is 1260. The third kappa shape index (κ3) is 5.75. The molecule has 0 aliphatic heterocycles. The smallest absolute Gasteiger partial charge is 0.498 e. The van der Waals surface area contributed by atoms with Crippen molar-refractivity contribution in [2.75, 3.05) is 28.4 Å². The Kier molecular flexibility index (Phi) is 9.40. The number of aromatic hydroxyl groups is 2. The molecule has 3 rings (SSSR count). The number of rotatable bonds is 8. The minimum atomic E-state index is -0.243. The molecule has 0 saturated heterocycles. The van der Waals surface area contributed by atoms with Crippen LogP contribution in [0.3, 0.4) is 0 Å². The van der Waals surface area contributed by atoms with Crippen LogP contribution in [0.1, 0.15) is 22.5 Å². The van der Waals surface area contributed by atoms with Gasteiger partial charge < -0.3 is 41.6 Å². The van der Waals surface area contributed by atoms with E-state index in [1.165, 1.54) is 49.7 Å². The molecule has 9 nitrogen and oxygen atoms in total. The summed E-state index contributed by atoms with van der Waals surface area (Å²) in [5.74, 6) is 1.40. The molecule has 0 spiro atoms. The van der Waals surface area contributed by atoms with Gasteiger partial charge in [0.1, 0.15) is 22.9 Å². The van der Waals surface area contributed by atoms with Crippen molar-refractivity contribution in [3.8, 4) is 34.5 Å². The zero-order chi connectivity index (χ0) is 25.7. The van der Waals surface area contributed by atoms with Gasteiger partial charge in [-0.25, -0.2) is 0 Å². The van der Waals surface area contributed by atoms with E-state index < -0.39 is 0 Å². The van der Waals surface area contributed by atoms with E-state index in [0.717, 1.165) is 0 Å². The predicted molar refractivity (Wildman–Crippen MR) is 133 cm³/mol. The number of aromatic nitrogens is 2. The number of ether oxygens (including phenoxy) is 4. The van der Waals surface area contributed by atoms with Gasteiger partial charge in [-0.05, 0) is 36.4 Å². The molecule has 10 heteroatoms. The Labute approximate surface area is 215 Å². The first kappa shape index (κ1) is 28.1. The fourth-order valence-corrected chi connectivity index (χ4v) is 3.61. The molecule has 192 valence electrons. The van der Waals surface area contributed by atoms with E-state index in [1.807, 2.05) is 6.07 Å². The van der Waals surface area contributed by atoms with E-state index in [2.05, 4.69) is 0 Å². The van der Waals surface area contributed by atoms with Gasteiger partial charge in [-0.15, -0.1) is 0 Å². The summed E-state index contributed by atoms with van der Waals surface area (Å²) in [5, 5.41) is 20.4. The van der Waals surface area contributed by atoms with Crippen LogP contribution in [0.4, 0.5) is 0 Å². The Morgan fingerprint density at radius 3 is 1.67 bits per heavy atom. The Morgan fingerprint density at radius 2 is 1.22 bits per heavy atom. The van der Waals surface area contributed by atoms with Crippen LogP contribution in [0.15, 0.2) is 35.1 Å². The molecule has 36 heavy (non-hydrogen) atoms. The Hall–Kier alpha value is -4.11. The average Bonchev–Trinajstić information content (AvgIpc) is 2.85. The quantitative estimate of drug-likeness (QED) is 0.406. The zero-order valence-electron chi connectivity index (χ0n) is 20.9. The van der Waals surface area contributed by atoms with Gasteiger partial charge >= 0.3 is 5.69 Å². The number of methoxy groups -OCH3 is 4. The summed E-state index contributed by atoms with van der Waals surface area (Å²) in [4.78, 5) is 12.9. The van der Waals surface area contributed by atoms with Gasteiger partial charge in [0.25, 0.3) is 0 Å². The molecule has 1 aromatic heterocycles. The van der Waals surface area contributed by atoms with Crippen LogP contribution in [0.2, 0.25) is 0 Å². The number of hydrogen-bond donors (Lipinski definition) is 2. The largest absolute Gasteiger partial charge is 1.00 e. The van der Waals surface area contributed by atoms with Gasteiger partial charge in [-0.2, -0.15) is 13.9 Å². The van der Waals surface area contributed by atoms with Crippen LogP contribution in [-0.4, -0.2) is 43.2 Å². The zero-order valence-corrected chi connectivity index (χ0v) is 21.7. The lowest BCUT2D eigenvalue weighted by Crippen LogP contribution is -3.00. The summed E-state index contributed by atoms with van der Waals surface area (Å²) in [5.41, 5.74) is 2.14. The minimum absolute atomic E-state index is 0. The maximum absolute atomic E-state index is 12.9. The fourth-order valence-electron chi connectivity index (χ4n) is 3.61. The van der Waals surface area contributed by atoms with E-state index >= 15 is 0 Å². The van der Waals surface area contributed by atoms with Crippen molar-refractivity contribution in [2.45, 2.75) is 0 Å². The van der Waals surface area contributed by atoms with Crippen LogP contribution in [0.5, 0.6) is 34.5 Å². The van der Waals surface area contributed by atoms with Crippen LogP contribution < -0.4 is 41.6 Å². The minimum Gasteiger partial charge on any atom is -1.00 e. The van der Waals surface area contributed by atoms with Crippen molar-refractivity contribution in [2.24, 2.45) is 14.1 Å². The summed E-state index contributed by atoms with van der Waals surface area (Å²) < 4.78 is 24.1. The molecular weight excluding hydrogens is 488 g/mol. The molecule has 0 unspecified atom stereocenters. The van der Waals surface area contributed by atoms with Crippen LogP contribution in [0, 0.1) is 0 Å². The van der Waals surface area contributed by atoms with E-state index in [-0.39, 0.29) is 29.6 Å². The molecule has 2 aromatic carbocycles. The number of hydrogen-bond acceptors (Lipinski definition) is 7. The fraction of sp³-hybridized carbons (Fsp3) is 0.231. The summed E-state index contributed by atoms with van der Waals surface area (Å²) in [7, 11) is 9.27. The molecule has 0 fully saturated rings. The highest BCUT2D eigenvalue weighted by Crippen LogP contribution is 2.36. The monoisotopic (exact) mass is 516 g/mol. The summed E-state index contributed by atoms with van der Waals surface area (Å²) >= 11 is 0. The van der Waals surface area contributed by atoms with Crippen LogP contribution in [-0.2, 0) is 14.1 Å². The summed E-state index contributed by atoms with van der Waals surface area (Å²) in [6, 6.07) is 8.19. The molecule has 0 bridgehead atoms. The highest BCUT2D eigenvalue weighted by molar-refractivity contribution is 5.77. The molecule has 0 radical (unpaired) electrons. The van der Waals surface area contributed by atoms with Crippen molar-refractivity contribution >= 4 is 24.3 Å². The van der Waals surface area contributed by atoms with Crippen molar-refractivity contribution in [3.63, 3.8) is 0 Å². The van der Waals surface area contributed by atoms with Crippen molar-refractivity contribution in [3.05, 3.63) is 63.3 Å². The molecule has 0 aliphatic rings. The molecule has 0 saturated carbocycles. The number of phenols is 2. The molecule has 0 atom stereocenters. The van der Waals surface area contributed by atoms with Gasteiger partial charge in [-0.1, -0.05) is 0 Å². The lowest BCUT2D eigenvalue weighted by molar-refractivity contribution is -0.692. The van der Waals surface area contributed by atoms with Crippen molar-refractivity contribution in [1.82, 2.24) is 4.57 Å². The molecule has 1 heterocycles. The summed E-state index contributed by atoms with van der Waals surface area (Å²) in [6.07, 6.45) is 6.94. The first-order chi connectivity index (χ1) is 16.7. The van der Waals surface area contributed by atoms with Crippen LogP contribution in [0.25, 0.3) is 24.3 Å². The number of phenolic OH excluding ortho intramolecular Hbond substituents is 2. The summed E-state index contributed by atoms with van der Waals surface area (Å²) in [6.45, 7) is 0. The number of benzene rings is 2. The van der Waals surface area contributed by atoms with Gasteiger partial charge in [0.2, 0.25) is 0 Å². The van der Waals surface area contributed by atoms with E-state index in [4.69, 9.17) is 18.9 Å². The lowest BCUT2D eigenvalue weighted by Gasteiger charge is -2.10. The van der Waals surface area contributed by atoms with Gasteiger partial charge in [-0.3, -0.25) is 0 Å². The topological polar surface area (TPSA) is 103 Å². The number of halogens is 1. The highest BCUT2D eigenvalue weighted by Gasteiger charge is 2.15. The van der Waals surface area contributed by atoms with E-state index in [9.17, 15) is 15.0 Å². The van der Waals surface area contributed by atoms with E-state index in [1.54, 1.807) is 50.5 Å². The van der Waals surface area contributed by atoms with Crippen molar-refractivity contribution < 1.29 is 46.1 Å². The standard InChI is InChI=1S/C26H28N2O7.ClH/c1-27-18(9-7-16-11-20(32-3)14-22(29)24(16)34-5)13-19(28(2)26(27)31)10-8-17-12-21(33-4)15-23(30)25(17)35-6;/h7-15H,1-6H3,(H-,29,30);1H. The maximum Gasteiger partial charge on any atom is 0.498 e. The SMILES string of the molecule is COc1cc(O)c(OC)c(C=Cc2cc(C=Cc3cc(OC)cc(O)c3OC)[n+](C)c(=O)n2C)c1.[Cl-]. The third-order valence-electron chi connectivity index (χ3n) is 5.53. The number of nitrogens with zero attached hydrogens (tertiary/aromatic N) is 2. The second-order valence-corrected chi connectivity index (χ2v) is 7.60. The maximum atomic E-state index is 12.9. The third-order valence-corrected chi connectivity index (χ3v) is 5.53. The molecule has 0 amide bonds. The van der Waals surface area contributed by atoms with Gasteiger partial charge in [0.05, 0.1) is 42.5 Å². The Morgan fingerprint density at radius 1 is 0.750 bits per heavy atom. The van der Waals surface area contributed by atoms with E-state index in [0.29, 0.717) is 45.5 Å². The molecule has 3 aromatic rings. The second-order valence-electron chi connectivity index (χ2n) is 7.60. The van der Waals surface area contributed by atoms with Crippen LogP contribution >= 0.6 is 0 Å². The Balaban J connectivity index is 0.00000456. The molecule has 2 N–H and O–H groups in total. The predicted octanol–water partition coefficient (Wildman–Crippen LogP) is 0.000200. The molecular formula is C26H29ClN2O7. The first-order valence-corrected chi connectivity index (χ1v) is 10.6. The van der Waals surface area contributed by atoms with Gasteiger partial charge in [0.15, 0.2) is 23.0 Å². The first-order valence-electron chi connectivity index (χ1n) is 10.6. The second kappa shape index (κ2) is 12.0. The average molecular weight is 517 g/mol. The van der Waals surface area contributed by atoms with Gasteiger partial charge in [0, 0.05) is 29.3 Å². The highest BCUT2D eigenvalue weighted by atomic mass is 35.5. The van der Waals surface area contributed by atoms with Crippen molar-refractivity contribution in [1.29, 1.82) is 0 Å². The normalized spacial score (nSPS) is 10.9.